The minimum absolute atomic E-state index is 0.0509. The van der Waals surface area contributed by atoms with Crippen molar-refractivity contribution in [1.82, 2.24) is 0 Å². The van der Waals surface area contributed by atoms with Gasteiger partial charge in [-0.2, -0.15) is 5.26 Å². The van der Waals surface area contributed by atoms with E-state index in [1.54, 1.807) is 0 Å². The molecule has 1 atom stereocenters. The van der Waals surface area contributed by atoms with Gasteiger partial charge in [-0.25, -0.2) is 4.39 Å². The zero-order chi connectivity index (χ0) is 9.14. The Hall–Kier alpha value is -1.60. The van der Waals surface area contributed by atoms with E-state index in [0.717, 1.165) is 18.2 Å². The lowest BCUT2D eigenvalue weighted by atomic mass is 10.1. The van der Waals surface area contributed by atoms with Crippen molar-refractivity contribution in [2.24, 2.45) is 0 Å². The molecule has 0 radical (unpaired) electrons. The molecule has 0 aliphatic heterocycles. The van der Waals surface area contributed by atoms with Gasteiger partial charge in [0.2, 0.25) is 0 Å². The van der Waals surface area contributed by atoms with Gasteiger partial charge in [-0.3, -0.25) is 0 Å². The van der Waals surface area contributed by atoms with Gasteiger partial charge < -0.3 is 10.2 Å². The standard InChI is InChI=1S/C8H6FNO2/c9-6-1-5(8(12)4-10)2-7(11)3-6/h1-3,8,11-12H. The Bertz CT molecular complexity index is 312. The molecule has 62 valence electrons. The van der Waals surface area contributed by atoms with E-state index in [-0.39, 0.29) is 11.3 Å². The molecule has 1 aromatic carbocycles. The van der Waals surface area contributed by atoms with Gasteiger partial charge in [0.25, 0.3) is 0 Å². The number of nitrogens with zero attached hydrogens (tertiary/aromatic N) is 1. The monoisotopic (exact) mass is 167 g/mol. The highest BCUT2D eigenvalue weighted by molar-refractivity contribution is 5.31. The SMILES string of the molecule is N#CC(O)c1cc(O)cc(F)c1. The Kier molecular flexibility index (Phi) is 2.26. The number of aliphatic hydroxyl groups excluding tert-OH is 1. The highest BCUT2D eigenvalue weighted by atomic mass is 19.1. The fraction of sp³-hybridized carbons (Fsp3) is 0.125. The molecule has 0 saturated heterocycles. The quantitative estimate of drug-likeness (QED) is 0.615. The van der Waals surface area contributed by atoms with Crippen LogP contribution in [0.2, 0.25) is 0 Å². The summed E-state index contributed by atoms with van der Waals surface area (Å²) >= 11 is 0. The van der Waals surface area contributed by atoms with Gasteiger partial charge in [-0.1, -0.05) is 0 Å². The summed E-state index contributed by atoms with van der Waals surface area (Å²) in [5, 5.41) is 26.1. The lowest BCUT2D eigenvalue weighted by Gasteiger charge is -2.02. The first-order valence-corrected chi connectivity index (χ1v) is 3.20. The largest absolute Gasteiger partial charge is 0.508 e. The summed E-state index contributed by atoms with van der Waals surface area (Å²) in [6.45, 7) is 0. The smallest absolute Gasteiger partial charge is 0.166 e. The van der Waals surface area contributed by atoms with Crippen molar-refractivity contribution in [3.05, 3.63) is 29.6 Å². The predicted octanol–water partition coefficient (Wildman–Crippen LogP) is 1.09. The maximum Gasteiger partial charge on any atom is 0.166 e. The normalized spacial score (nSPS) is 12.1. The number of halogens is 1. The third kappa shape index (κ3) is 1.71. The van der Waals surface area contributed by atoms with Gasteiger partial charge in [-0.15, -0.1) is 0 Å². The van der Waals surface area contributed by atoms with Gasteiger partial charge in [0, 0.05) is 11.6 Å². The van der Waals surface area contributed by atoms with E-state index in [2.05, 4.69) is 0 Å². The summed E-state index contributed by atoms with van der Waals surface area (Å²) in [6, 6.07) is 4.54. The molecule has 1 aromatic rings. The van der Waals surface area contributed by atoms with Crippen LogP contribution in [0.5, 0.6) is 5.75 Å². The molecular weight excluding hydrogens is 161 g/mol. The Morgan fingerprint density at radius 3 is 2.58 bits per heavy atom. The van der Waals surface area contributed by atoms with Crippen LogP contribution in [-0.4, -0.2) is 10.2 Å². The van der Waals surface area contributed by atoms with E-state index < -0.39 is 11.9 Å². The number of hydrogen-bond acceptors (Lipinski definition) is 3. The number of nitriles is 1. The lowest BCUT2D eigenvalue weighted by Crippen LogP contribution is -1.93. The first kappa shape index (κ1) is 8.50. The number of benzene rings is 1. The third-order valence-electron chi connectivity index (χ3n) is 1.34. The Balaban J connectivity index is 3.10. The molecule has 0 spiro atoms. The molecule has 0 aliphatic carbocycles. The highest BCUT2D eigenvalue weighted by Crippen LogP contribution is 2.19. The molecule has 4 heteroatoms. The van der Waals surface area contributed by atoms with Gasteiger partial charge in [0.15, 0.2) is 6.10 Å². The van der Waals surface area contributed by atoms with Crippen molar-refractivity contribution in [2.75, 3.05) is 0 Å². The predicted molar refractivity (Wildman–Crippen MR) is 38.6 cm³/mol. The lowest BCUT2D eigenvalue weighted by molar-refractivity contribution is 0.235. The summed E-state index contributed by atoms with van der Waals surface area (Å²) in [5.74, 6) is -0.987. The molecular formula is C8H6FNO2. The number of aliphatic hydroxyl groups is 1. The molecule has 0 aliphatic rings. The van der Waals surface area contributed by atoms with Crippen LogP contribution in [-0.2, 0) is 0 Å². The Morgan fingerprint density at radius 1 is 1.42 bits per heavy atom. The van der Waals surface area contributed by atoms with E-state index in [1.165, 1.54) is 6.07 Å². The summed E-state index contributed by atoms with van der Waals surface area (Å²) in [6.07, 6.45) is -1.40. The second-order valence-corrected chi connectivity index (χ2v) is 2.27. The molecule has 2 N–H and O–H groups in total. The second-order valence-electron chi connectivity index (χ2n) is 2.27. The van der Waals surface area contributed by atoms with Crippen LogP contribution in [0.25, 0.3) is 0 Å². The van der Waals surface area contributed by atoms with Crippen LogP contribution in [0.4, 0.5) is 4.39 Å². The van der Waals surface area contributed by atoms with Crippen LogP contribution < -0.4 is 0 Å². The fourth-order valence-electron chi connectivity index (χ4n) is 0.829. The fourth-order valence-corrected chi connectivity index (χ4v) is 0.829. The molecule has 0 saturated carbocycles. The van der Waals surface area contributed by atoms with Crippen LogP contribution in [0.15, 0.2) is 18.2 Å². The molecule has 0 bridgehead atoms. The van der Waals surface area contributed by atoms with Crippen molar-refractivity contribution < 1.29 is 14.6 Å². The van der Waals surface area contributed by atoms with Crippen molar-refractivity contribution in [3.8, 4) is 11.8 Å². The second kappa shape index (κ2) is 3.20. The van der Waals surface area contributed by atoms with Crippen molar-refractivity contribution in [2.45, 2.75) is 6.10 Å². The average molecular weight is 167 g/mol. The van der Waals surface area contributed by atoms with E-state index >= 15 is 0 Å². The molecule has 3 nitrogen and oxygen atoms in total. The minimum Gasteiger partial charge on any atom is -0.508 e. The summed E-state index contributed by atoms with van der Waals surface area (Å²) in [5.41, 5.74) is 0.0509. The first-order chi connectivity index (χ1) is 5.63. The number of rotatable bonds is 1. The van der Waals surface area contributed by atoms with Crippen molar-refractivity contribution >= 4 is 0 Å². The van der Waals surface area contributed by atoms with Gasteiger partial charge >= 0.3 is 0 Å². The van der Waals surface area contributed by atoms with Crippen molar-refractivity contribution in [1.29, 1.82) is 5.26 Å². The number of hydrogen-bond donors (Lipinski definition) is 2. The van der Waals surface area contributed by atoms with Crippen LogP contribution in [0.1, 0.15) is 11.7 Å². The maximum absolute atomic E-state index is 12.5. The third-order valence-corrected chi connectivity index (χ3v) is 1.34. The highest BCUT2D eigenvalue weighted by Gasteiger charge is 2.07. The molecule has 0 aromatic heterocycles. The van der Waals surface area contributed by atoms with E-state index in [9.17, 15) is 4.39 Å². The van der Waals surface area contributed by atoms with Gasteiger partial charge in [0.1, 0.15) is 11.6 Å². The Morgan fingerprint density at radius 2 is 2.08 bits per heavy atom. The zero-order valence-corrected chi connectivity index (χ0v) is 6.03. The van der Waals surface area contributed by atoms with Crippen molar-refractivity contribution in [3.63, 3.8) is 0 Å². The van der Waals surface area contributed by atoms with Gasteiger partial charge in [-0.05, 0) is 12.1 Å². The summed E-state index contributed by atoms with van der Waals surface area (Å²) in [7, 11) is 0. The van der Waals surface area contributed by atoms with Crippen LogP contribution >= 0.6 is 0 Å². The van der Waals surface area contributed by atoms with E-state index in [4.69, 9.17) is 15.5 Å². The molecule has 1 unspecified atom stereocenters. The molecule has 12 heavy (non-hydrogen) atoms. The van der Waals surface area contributed by atoms with Crippen LogP contribution in [0.3, 0.4) is 0 Å². The van der Waals surface area contributed by atoms with E-state index in [0.29, 0.717) is 0 Å². The zero-order valence-electron chi connectivity index (χ0n) is 6.03. The Labute approximate surface area is 68.3 Å². The maximum atomic E-state index is 12.5. The minimum atomic E-state index is -1.40. The summed E-state index contributed by atoms with van der Waals surface area (Å²) in [4.78, 5) is 0. The molecule has 0 fully saturated rings. The number of aromatic hydroxyl groups is 1. The first-order valence-electron chi connectivity index (χ1n) is 3.20. The average Bonchev–Trinajstić information content (AvgIpc) is 2.01. The summed E-state index contributed by atoms with van der Waals surface area (Å²) < 4.78 is 12.5. The molecule has 1 rings (SSSR count). The van der Waals surface area contributed by atoms with E-state index in [1.807, 2.05) is 0 Å². The van der Waals surface area contributed by atoms with Crippen LogP contribution in [0, 0.1) is 17.1 Å². The van der Waals surface area contributed by atoms with Gasteiger partial charge in [0.05, 0.1) is 6.07 Å². The number of phenolic OH excluding ortho intramolecular Hbond substituents is 1. The number of phenols is 1. The topological polar surface area (TPSA) is 64.2 Å². The molecule has 0 amide bonds. The molecule has 0 heterocycles.